The van der Waals surface area contributed by atoms with Gasteiger partial charge in [-0.25, -0.2) is 8.42 Å². The van der Waals surface area contributed by atoms with E-state index in [1.165, 1.54) is 10.4 Å². The Balaban J connectivity index is 1.77. The van der Waals surface area contributed by atoms with Crippen LogP contribution in [0, 0.1) is 6.92 Å². The van der Waals surface area contributed by atoms with E-state index in [1.54, 1.807) is 19.1 Å². The molecule has 2 aromatic carbocycles. The summed E-state index contributed by atoms with van der Waals surface area (Å²) in [5.74, 6) is -0.270. The van der Waals surface area contributed by atoms with Crippen LogP contribution in [-0.4, -0.2) is 57.3 Å². The predicted octanol–water partition coefficient (Wildman–Crippen LogP) is 3.20. The van der Waals surface area contributed by atoms with E-state index >= 15 is 0 Å². The molecule has 6 nitrogen and oxygen atoms in total. The number of sulfonamides is 1. The summed E-state index contributed by atoms with van der Waals surface area (Å²) < 4.78 is 27.8. The lowest BCUT2D eigenvalue weighted by Crippen LogP contribution is -2.36. The minimum absolute atomic E-state index is 0.0251. The van der Waals surface area contributed by atoms with Crippen molar-refractivity contribution in [3.8, 4) is 0 Å². The first-order valence-corrected chi connectivity index (χ1v) is 11.8. The van der Waals surface area contributed by atoms with Crippen LogP contribution >= 0.6 is 0 Å². The van der Waals surface area contributed by atoms with Gasteiger partial charge in [0.1, 0.15) is 0 Å². The molecule has 3 rings (SSSR count). The highest BCUT2D eigenvalue weighted by Gasteiger charge is 2.28. The van der Waals surface area contributed by atoms with Crippen molar-refractivity contribution in [1.82, 2.24) is 14.5 Å². The van der Waals surface area contributed by atoms with Gasteiger partial charge in [-0.05, 0) is 57.1 Å². The Hall–Kier alpha value is -2.22. The van der Waals surface area contributed by atoms with Crippen LogP contribution in [0.15, 0.2) is 53.4 Å². The van der Waals surface area contributed by atoms with E-state index < -0.39 is 10.0 Å². The molecule has 0 aromatic heterocycles. The van der Waals surface area contributed by atoms with E-state index in [4.69, 9.17) is 0 Å². The summed E-state index contributed by atoms with van der Waals surface area (Å²) in [5, 5.41) is 2.97. The van der Waals surface area contributed by atoms with Gasteiger partial charge >= 0.3 is 0 Å². The number of hydrogen-bond acceptors (Lipinski definition) is 4. The molecule has 0 radical (unpaired) electrons. The number of hydrogen-bond donors (Lipinski definition) is 1. The van der Waals surface area contributed by atoms with Gasteiger partial charge in [0.25, 0.3) is 5.91 Å². The van der Waals surface area contributed by atoms with Crippen LogP contribution in [0.1, 0.15) is 46.8 Å². The van der Waals surface area contributed by atoms with Crippen molar-refractivity contribution < 1.29 is 13.2 Å². The summed E-state index contributed by atoms with van der Waals surface area (Å²) in [6.07, 6.45) is 2.82. The lowest BCUT2D eigenvalue weighted by Gasteiger charge is -2.27. The van der Waals surface area contributed by atoms with Crippen molar-refractivity contribution in [1.29, 1.82) is 0 Å². The summed E-state index contributed by atoms with van der Waals surface area (Å²) in [5.41, 5.74) is 2.13. The van der Waals surface area contributed by atoms with Crippen LogP contribution in [0.3, 0.4) is 0 Å². The number of amides is 1. The number of piperidine rings is 1. The van der Waals surface area contributed by atoms with E-state index in [0.717, 1.165) is 24.8 Å². The maximum Gasteiger partial charge on any atom is 0.251 e. The van der Waals surface area contributed by atoms with Gasteiger partial charge in [0.15, 0.2) is 0 Å². The van der Waals surface area contributed by atoms with Crippen LogP contribution < -0.4 is 5.32 Å². The van der Waals surface area contributed by atoms with Gasteiger partial charge in [-0.2, -0.15) is 4.31 Å². The van der Waals surface area contributed by atoms with Crippen molar-refractivity contribution in [2.45, 2.75) is 37.1 Å². The molecule has 1 fully saturated rings. The Labute approximate surface area is 179 Å². The Morgan fingerprint density at radius 3 is 2.37 bits per heavy atom. The summed E-state index contributed by atoms with van der Waals surface area (Å²) in [6.45, 7) is 3.29. The molecule has 0 aliphatic carbocycles. The van der Waals surface area contributed by atoms with Gasteiger partial charge in [-0.3, -0.25) is 4.79 Å². The predicted molar refractivity (Wildman–Crippen MR) is 119 cm³/mol. The average Bonchev–Trinajstić information content (AvgIpc) is 2.75. The number of likely N-dealkylation sites (N-methyl/N-ethyl adjacent to an activating group) is 1. The third-order valence-electron chi connectivity index (χ3n) is 5.65. The molecule has 0 bridgehead atoms. The Morgan fingerprint density at radius 2 is 1.73 bits per heavy atom. The molecule has 162 valence electrons. The van der Waals surface area contributed by atoms with E-state index in [1.807, 2.05) is 44.4 Å². The molecule has 1 heterocycles. The number of carbonyl (C=O) groups is 1. The number of rotatable bonds is 7. The fourth-order valence-electron chi connectivity index (χ4n) is 3.83. The van der Waals surface area contributed by atoms with E-state index in [9.17, 15) is 13.2 Å². The maximum absolute atomic E-state index is 13.1. The second-order valence-corrected chi connectivity index (χ2v) is 9.95. The highest BCUT2D eigenvalue weighted by molar-refractivity contribution is 7.89. The summed E-state index contributed by atoms with van der Waals surface area (Å²) in [7, 11) is 0.351. The topological polar surface area (TPSA) is 69.7 Å². The molecular weight excluding hydrogens is 398 g/mol. The molecule has 1 atom stereocenters. The third-order valence-corrected chi connectivity index (χ3v) is 7.69. The molecule has 0 saturated carbocycles. The van der Waals surface area contributed by atoms with Gasteiger partial charge < -0.3 is 10.2 Å². The van der Waals surface area contributed by atoms with Crippen molar-refractivity contribution in [2.24, 2.45) is 0 Å². The molecule has 2 aromatic rings. The number of benzene rings is 2. The molecule has 1 aliphatic rings. The second-order valence-electron chi connectivity index (χ2n) is 8.05. The van der Waals surface area contributed by atoms with Gasteiger partial charge in [0.05, 0.1) is 10.9 Å². The smallest absolute Gasteiger partial charge is 0.251 e. The fourth-order valence-corrected chi connectivity index (χ4v) is 5.60. The summed E-state index contributed by atoms with van der Waals surface area (Å²) in [6, 6.07) is 14.9. The Kier molecular flexibility index (Phi) is 7.28. The molecule has 1 unspecified atom stereocenters. The molecule has 1 N–H and O–H groups in total. The van der Waals surface area contributed by atoms with Crippen molar-refractivity contribution in [3.05, 3.63) is 65.2 Å². The van der Waals surface area contributed by atoms with Crippen LogP contribution in [0.25, 0.3) is 0 Å². The number of aryl methyl sites for hydroxylation is 1. The SMILES string of the molecule is Cc1ccc(C(=O)NCC(c2ccccc2)N(C)C)cc1S(=O)(=O)N1CCCCC1. The average molecular weight is 430 g/mol. The molecule has 1 saturated heterocycles. The summed E-state index contributed by atoms with van der Waals surface area (Å²) >= 11 is 0. The first-order valence-electron chi connectivity index (χ1n) is 10.4. The van der Waals surface area contributed by atoms with Crippen LogP contribution in [0.4, 0.5) is 0 Å². The van der Waals surface area contributed by atoms with Gasteiger partial charge in [-0.1, -0.05) is 42.8 Å². The molecule has 7 heteroatoms. The second kappa shape index (κ2) is 9.73. The number of nitrogens with one attached hydrogen (secondary N) is 1. The lowest BCUT2D eigenvalue weighted by atomic mass is 10.1. The zero-order valence-corrected chi connectivity index (χ0v) is 18.8. The van der Waals surface area contributed by atoms with Crippen molar-refractivity contribution in [2.75, 3.05) is 33.7 Å². The molecule has 30 heavy (non-hydrogen) atoms. The van der Waals surface area contributed by atoms with Crippen LogP contribution in [0.2, 0.25) is 0 Å². The number of carbonyl (C=O) groups excluding carboxylic acids is 1. The van der Waals surface area contributed by atoms with Crippen molar-refractivity contribution in [3.63, 3.8) is 0 Å². The standard InChI is InChI=1S/C23H31N3O3S/c1-18-12-13-20(16-22(18)30(28,29)26-14-8-5-9-15-26)23(27)24-17-21(25(2)3)19-10-6-4-7-11-19/h4,6-7,10-13,16,21H,5,8-9,14-15,17H2,1-3H3,(H,24,27). The van der Waals surface area contributed by atoms with Crippen LogP contribution in [-0.2, 0) is 10.0 Å². The molecule has 1 amide bonds. The first-order chi connectivity index (χ1) is 14.3. The van der Waals surface area contributed by atoms with E-state index in [-0.39, 0.29) is 16.8 Å². The molecule has 1 aliphatic heterocycles. The van der Waals surface area contributed by atoms with E-state index in [0.29, 0.717) is 30.8 Å². The third kappa shape index (κ3) is 5.09. The summed E-state index contributed by atoms with van der Waals surface area (Å²) in [4.78, 5) is 15.1. The number of nitrogens with zero attached hydrogens (tertiary/aromatic N) is 2. The highest BCUT2D eigenvalue weighted by atomic mass is 32.2. The molecular formula is C23H31N3O3S. The van der Waals surface area contributed by atoms with Gasteiger partial charge in [-0.15, -0.1) is 0 Å². The largest absolute Gasteiger partial charge is 0.350 e. The minimum Gasteiger partial charge on any atom is -0.350 e. The van der Waals surface area contributed by atoms with Crippen molar-refractivity contribution >= 4 is 15.9 Å². The van der Waals surface area contributed by atoms with Gasteiger partial charge in [0, 0.05) is 25.2 Å². The highest BCUT2D eigenvalue weighted by Crippen LogP contribution is 2.24. The fraction of sp³-hybridized carbons (Fsp3) is 0.435. The molecule has 0 spiro atoms. The minimum atomic E-state index is -3.59. The first kappa shape index (κ1) is 22.5. The van der Waals surface area contributed by atoms with Crippen LogP contribution in [0.5, 0.6) is 0 Å². The zero-order chi connectivity index (χ0) is 21.7. The monoisotopic (exact) mass is 429 g/mol. The normalized spacial score (nSPS) is 16.4. The Morgan fingerprint density at radius 1 is 1.07 bits per heavy atom. The lowest BCUT2D eigenvalue weighted by molar-refractivity contribution is 0.0941. The van der Waals surface area contributed by atoms with E-state index in [2.05, 4.69) is 10.2 Å². The van der Waals surface area contributed by atoms with Gasteiger partial charge in [0.2, 0.25) is 10.0 Å². The zero-order valence-electron chi connectivity index (χ0n) is 18.0. The Bertz CT molecular complexity index is 968. The quantitative estimate of drug-likeness (QED) is 0.734. The maximum atomic E-state index is 13.1.